The molecular formula is C15H14N4O. The molecule has 0 fully saturated rings. The zero-order valence-electron chi connectivity index (χ0n) is 11.0. The van der Waals surface area contributed by atoms with Crippen molar-refractivity contribution in [1.82, 2.24) is 9.97 Å². The number of aryl methyl sites for hydroxylation is 1. The molecule has 5 nitrogen and oxygen atoms in total. The Morgan fingerprint density at radius 1 is 1.00 bits per heavy atom. The minimum Gasteiger partial charge on any atom is -0.436 e. The van der Waals surface area contributed by atoms with Gasteiger partial charge in [-0.1, -0.05) is 18.2 Å². The van der Waals surface area contributed by atoms with Gasteiger partial charge in [-0.2, -0.15) is 0 Å². The summed E-state index contributed by atoms with van der Waals surface area (Å²) in [5.41, 5.74) is 12.9. The largest absolute Gasteiger partial charge is 0.436 e. The maximum absolute atomic E-state index is 5.86. The van der Waals surface area contributed by atoms with Crippen molar-refractivity contribution in [2.45, 2.75) is 6.92 Å². The molecular weight excluding hydrogens is 252 g/mol. The van der Waals surface area contributed by atoms with Gasteiger partial charge in [-0.3, -0.25) is 0 Å². The van der Waals surface area contributed by atoms with Crippen LogP contribution in [0.5, 0.6) is 11.6 Å². The second-order valence-corrected chi connectivity index (χ2v) is 4.50. The van der Waals surface area contributed by atoms with Crippen LogP contribution < -0.4 is 16.2 Å². The molecule has 0 spiro atoms. The highest BCUT2D eigenvalue weighted by Crippen LogP contribution is 2.33. The standard InChI is InChI=1S/C15H14N4O/c1-9-8-19-15(11-5-3-2-4-10(9)11)20-12-6-7-18-14(17)13(12)16/h2-8H,16H2,1H3,(H2,17,18). The quantitative estimate of drug-likeness (QED) is 0.744. The zero-order valence-corrected chi connectivity index (χ0v) is 11.0. The van der Waals surface area contributed by atoms with Crippen LogP contribution in [-0.4, -0.2) is 9.97 Å². The van der Waals surface area contributed by atoms with Crippen molar-refractivity contribution < 1.29 is 4.74 Å². The first-order valence-corrected chi connectivity index (χ1v) is 6.19. The number of nitrogen functional groups attached to an aromatic ring is 2. The van der Waals surface area contributed by atoms with Gasteiger partial charge in [-0.15, -0.1) is 0 Å². The molecule has 0 saturated heterocycles. The fourth-order valence-electron chi connectivity index (χ4n) is 2.05. The molecule has 1 aromatic carbocycles. The average molecular weight is 266 g/mol. The summed E-state index contributed by atoms with van der Waals surface area (Å²) in [6, 6.07) is 9.59. The number of hydrogen-bond acceptors (Lipinski definition) is 5. The third-order valence-corrected chi connectivity index (χ3v) is 3.15. The van der Waals surface area contributed by atoms with Crippen LogP contribution in [0.3, 0.4) is 0 Å². The van der Waals surface area contributed by atoms with E-state index in [1.54, 1.807) is 18.5 Å². The van der Waals surface area contributed by atoms with Crippen molar-refractivity contribution in [3.05, 3.63) is 48.3 Å². The van der Waals surface area contributed by atoms with E-state index in [0.29, 0.717) is 17.3 Å². The lowest BCUT2D eigenvalue weighted by Gasteiger charge is -2.11. The number of pyridine rings is 2. The van der Waals surface area contributed by atoms with Gasteiger partial charge in [0.2, 0.25) is 5.88 Å². The monoisotopic (exact) mass is 266 g/mol. The van der Waals surface area contributed by atoms with Gasteiger partial charge >= 0.3 is 0 Å². The Morgan fingerprint density at radius 3 is 2.55 bits per heavy atom. The summed E-state index contributed by atoms with van der Waals surface area (Å²) >= 11 is 0. The second kappa shape index (κ2) is 4.70. The van der Waals surface area contributed by atoms with Crippen LogP contribution in [0, 0.1) is 6.92 Å². The first-order valence-electron chi connectivity index (χ1n) is 6.19. The topological polar surface area (TPSA) is 87.0 Å². The number of nitrogens with zero attached hydrogens (tertiary/aromatic N) is 2. The highest BCUT2D eigenvalue weighted by atomic mass is 16.5. The molecule has 2 aromatic heterocycles. The number of anilines is 2. The van der Waals surface area contributed by atoms with Gasteiger partial charge in [-0.05, 0) is 23.9 Å². The van der Waals surface area contributed by atoms with E-state index in [9.17, 15) is 0 Å². The van der Waals surface area contributed by atoms with E-state index in [-0.39, 0.29) is 5.82 Å². The minimum absolute atomic E-state index is 0.249. The fraction of sp³-hybridized carbons (Fsp3) is 0.0667. The molecule has 0 aliphatic rings. The number of rotatable bonds is 2. The van der Waals surface area contributed by atoms with Gasteiger partial charge < -0.3 is 16.2 Å². The molecule has 0 radical (unpaired) electrons. The van der Waals surface area contributed by atoms with Crippen LogP contribution in [0.2, 0.25) is 0 Å². The Hall–Kier alpha value is -2.82. The Labute approximate surface area is 116 Å². The number of aromatic nitrogens is 2. The van der Waals surface area contributed by atoms with Gasteiger partial charge in [0, 0.05) is 23.8 Å². The first-order chi connectivity index (χ1) is 9.66. The van der Waals surface area contributed by atoms with E-state index >= 15 is 0 Å². The summed E-state index contributed by atoms with van der Waals surface area (Å²) in [5.74, 6) is 1.21. The van der Waals surface area contributed by atoms with E-state index in [1.807, 2.05) is 31.2 Å². The van der Waals surface area contributed by atoms with Gasteiger partial charge in [0.1, 0.15) is 11.5 Å². The minimum atomic E-state index is 0.249. The number of fused-ring (bicyclic) bond motifs is 1. The molecule has 0 aliphatic heterocycles. The average Bonchev–Trinajstić information content (AvgIpc) is 2.47. The lowest BCUT2D eigenvalue weighted by Crippen LogP contribution is -2.00. The van der Waals surface area contributed by atoms with E-state index in [1.165, 1.54) is 0 Å². The van der Waals surface area contributed by atoms with Gasteiger partial charge in [0.05, 0.1) is 0 Å². The number of hydrogen-bond donors (Lipinski definition) is 2. The van der Waals surface area contributed by atoms with Gasteiger partial charge in [0.15, 0.2) is 5.75 Å². The smallest absolute Gasteiger partial charge is 0.227 e. The summed E-state index contributed by atoms with van der Waals surface area (Å²) in [6.07, 6.45) is 3.33. The summed E-state index contributed by atoms with van der Waals surface area (Å²) in [4.78, 5) is 8.24. The van der Waals surface area contributed by atoms with Crippen LogP contribution in [0.1, 0.15) is 5.56 Å². The molecule has 3 aromatic rings. The van der Waals surface area contributed by atoms with Crippen molar-refractivity contribution in [3.63, 3.8) is 0 Å². The van der Waals surface area contributed by atoms with E-state index in [4.69, 9.17) is 16.2 Å². The van der Waals surface area contributed by atoms with Crippen molar-refractivity contribution in [2.75, 3.05) is 11.5 Å². The molecule has 4 N–H and O–H groups in total. The zero-order chi connectivity index (χ0) is 14.1. The van der Waals surface area contributed by atoms with Crippen LogP contribution in [0.25, 0.3) is 10.8 Å². The first kappa shape index (κ1) is 12.2. The molecule has 0 amide bonds. The highest BCUT2D eigenvalue weighted by Gasteiger charge is 2.10. The summed E-state index contributed by atoms with van der Waals surface area (Å²) in [5, 5.41) is 2.03. The molecule has 100 valence electrons. The predicted molar refractivity (Wildman–Crippen MR) is 79.6 cm³/mol. The Kier molecular flexibility index (Phi) is 2.87. The molecule has 0 unspecified atom stereocenters. The molecule has 0 aliphatic carbocycles. The molecule has 5 heteroatoms. The van der Waals surface area contributed by atoms with Crippen molar-refractivity contribution in [1.29, 1.82) is 0 Å². The van der Waals surface area contributed by atoms with Crippen LogP contribution in [0.15, 0.2) is 42.7 Å². The number of ether oxygens (including phenoxy) is 1. The lowest BCUT2D eigenvalue weighted by molar-refractivity contribution is 0.471. The van der Waals surface area contributed by atoms with Crippen LogP contribution in [-0.2, 0) is 0 Å². The van der Waals surface area contributed by atoms with E-state index in [2.05, 4.69) is 9.97 Å². The molecule has 2 heterocycles. The molecule has 0 saturated carbocycles. The van der Waals surface area contributed by atoms with Crippen molar-refractivity contribution in [3.8, 4) is 11.6 Å². The van der Waals surface area contributed by atoms with Gasteiger partial charge in [-0.25, -0.2) is 9.97 Å². The Balaban J connectivity index is 2.12. The van der Waals surface area contributed by atoms with Crippen LogP contribution in [0.4, 0.5) is 11.5 Å². The molecule has 0 atom stereocenters. The van der Waals surface area contributed by atoms with E-state index in [0.717, 1.165) is 16.3 Å². The maximum Gasteiger partial charge on any atom is 0.227 e. The normalized spacial score (nSPS) is 10.7. The molecule has 3 rings (SSSR count). The lowest BCUT2D eigenvalue weighted by atomic mass is 10.1. The molecule has 20 heavy (non-hydrogen) atoms. The van der Waals surface area contributed by atoms with Crippen molar-refractivity contribution in [2.24, 2.45) is 0 Å². The Bertz CT molecular complexity index is 786. The second-order valence-electron chi connectivity index (χ2n) is 4.50. The summed E-state index contributed by atoms with van der Waals surface area (Å²) in [7, 11) is 0. The SMILES string of the molecule is Cc1cnc(Oc2ccnc(N)c2N)c2ccccc12. The van der Waals surface area contributed by atoms with E-state index < -0.39 is 0 Å². The molecule has 0 bridgehead atoms. The maximum atomic E-state index is 5.86. The van der Waals surface area contributed by atoms with Crippen LogP contribution >= 0.6 is 0 Å². The number of nitrogens with two attached hydrogens (primary N) is 2. The van der Waals surface area contributed by atoms with Gasteiger partial charge in [0.25, 0.3) is 0 Å². The predicted octanol–water partition coefficient (Wildman–Crippen LogP) is 2.89. The highest BCUT2D eigenvalue weighted by molar-refractivity contribution is 5.89. The summed E-state index contributed by atoms with van der Waals surface area (Å²) < 4.78 is 5.80. The third kappa shape index (κ3) is 1.99. The third-order valence-electron chi connectivity index (χ3n) is 3.15. The van der Waals surface area contributed by atoms with Crippen molar-refractivity contribution >= 4 is 22.3 Å². The summed E-state index contributed by atoms with van der Waals surface area (Å²) in [6.45, 7) is 2.01. The Morgan fingerprint density at radius 2 is 1.75 bits per heavy atom. The number of benzene rings is 1. The fourth-order valence-corrected chi connectivity index (χ4v) is 2.05.